The van der Waals surface area contributed by atoms with Gasteiger partial charge in [0.15, 0.2) is 0 Å². The Labute approximate surface area is 115 Å². The summed E-state index contributed by atoms with van der Waals surface area (Å²) in [7, 11) is 0. The van der Waals surface area contributed by atoms with Crippen LogP contribution in [-0.4, -0.2) is 22.9 Å². The molecule has 104 valence electrons. The molecule has 2 rings (SSSR count). The quantitative estimate of drug-likeness (QED) is 0.904. The molecule has 3 nitrogen and oxygen atoms in total. The minimum atomic E-state index is -0.622. The lowest BCUT2D eigenvalue weighted by Gasteiger charge is -2.36. The second-order valence-electron chi connectivity index (χ2n) is 5.52. The first-order chi connectivity index (χ1) is 9.15. The first kappa shape index (κ1) is 14.1. The van der Waals surface area contributed by atoms with Crippen molar-refractivity contribution in [2.24, 2.45) is 5.73 Å². The van der Waals surface area contributed by atoms with Crippen LogP contribution >= 0.6 is 0 Å². The largest absolute Gasteiger partial charge is 0.337 e. The predicted octanol–water partition coefficient (Wildman–Crippen LogP) is 2.70. The van der Waals surface area contributed by atoms with E-state index >= 15 is 0 Å². The maximum Gasteiger partial charge on any atom is 0.242 e. The number of carbonyl (C=O) groups excluding carboxylic acids is 1. The van der Waals surface area contributed by atoms with Gasteiger partial charge in [-0.2, -0.15) is 0 Å². The third-order valence-corrected chi connectivity index (χ3v) is 4.06. The van der Waals surface area contributed by atoms with Gasteiger partial charge in [0.05, 0.1) is 5.54 Å². The zero-order valence-corrected chi connectivity index (χ0v) is 11.8. The molecule has 1 saturated carbocycles. The SMILES string of the molecule is CCN(Cc1ccccc1)C(=O)C1(N)CCCCC1. The molecule has 0 heterocycles. The fraction of sp³-hybridized carbons (Fsp3) is 0.562. The zero-order valence-electron chi connectivity index (χ0n) is 11.8. The summed E-state index contributed by atoms with van der Waals surface area (Å²) in [6.45, 7) is 3.40. The number of rotatable bonds is 4. The van der Waals surface area contributed by atoms with Crippen molar-refractivity contribution < 1.29 is 4.79 Å². The van der Waals surface area contributed by atoms with Gasteiger partial charge in [0, 0.05) is 13.1 Å². The standard InChI is InChI=1S/C16H24N2O/c1-2-18(13-14-9-5-3-6-10-14)15(19)16(17)11-7-4-8-12-16/h3,5-6,9-10H,2,4,7-8,11-13,17H2,1H3. The van der Waals surface area contributed by atoms with Crippen molar-refractivity contribution in [1.29, 1.82) is 0 Å². The Kier molecular flexibility index (Phi) is 4.59. The first-order valence-electron chi connectivity index (χ1n) is 7.28. The smallest absolute Gasteiger partial charge is 0.242 e. The van der Waals surface area contributed by atoms with Crippen molar-refractivity contribution >= 4 is 5.91 Å². The molecule has 0 atom stereocenters. The maximum atomic E-state index is 12.7. The molecule has 0 aliphatic heterocycles. The molecule has 0 aromatic heterocycles. The van der Waals surface area contributed by atoms with Crippen LogP contribution in [0.4, 0.5) is 0 Å². The Hall–Kier alpha value is -1.35. The fourth-order valence-electron chi connectivity index (χ4n) is 2.84. The predicted molar refractivity (Wildman–Crippen MR) is 77.5 cm³/mol. The Morgan fingerprint density at radius 2 is 1.84 bits per heavy atom. The summed E-state index contributed by atoms with van der Waals surface area (Å²) < 4.78 is 0. The van der Waals surface area contributed by atoms with Gasteiger partial charge in [-0.3, -0.25) is 4.79 Å². The van der Waals surface area contributed by atoms with Crippen LogP contribution in [0, 0.1) is 0 Å². The number of likely N-dealkylation sites (N-methyl/N-ethyl adjacent to an activating group) is 1. The van der Waals surface area contributed by atoms with Crippen LogP contribution in [-0.2, 0) is 11.3 Å². The van der Waals surface area contributed by atoms with Crippen molar-refractivity contribution in [1.82, 2.24) is 4.90 Å². The second-order valence-corrected chi connectivity index (χ2v) is 5.52. The second kappa shape index (κ2) is 6.20. The topological polar surface area (TPSA) is 46.3 Å². The third kappa shape index (κ3) is 3.35. The van der Waals surface area contributed by atoms with Crippen LogP contribution in [0.1, 0.15) is 44.6 Å². The molecular formula is C16H24N2O. The summed E-state index contributed by atoms with van der Waals surface area (Å²) in [5.74, 6) is 0.124. The molecule has 1 aromatic rings. The van der Waals surface area contributed by atoms with E-state index in [9.17, 15) is 4.79 Å². The van der Waals surface area contributed by atoms with Gasteiger partial charge in [-0.1, -0.05) is 49.6 Å². The van der Waals surface area contributed by atoms with Gasteiger partial charge in [0.1, 0.15) is 0 Å². The monoisotopic (exact) mass is 260 g/mol. The lowest BCUT2D eigenvalue weighted by molar-refractivity contribution is -0.138. The van der Waals surface area contributed by atoms with E-state index < -0.39 is 5.54 Å². The van der Waals surface area contributed by atoms with Crippen LogP contribution < -0.4 is 5.73 Å². The van der Waals surface area contributed by atoms with E-state index in [-0.39, 0.29) is 5.91 Å². The van der Waals surface area contributed by atoms with Gasteiger partial charge in [-0.05, 0) is 25.3 Å². The number of nitrogens with zero attached hydrogens (tertiary/aromatic N) is 1. The van der Waals surface area contributed by atoms with Crippen LogP contribution in [0.2, 0.25) is 0 Å². The van der Waals surface area contributed by atoms with Crippen LogP contribution in [0.25, 0.3) is 0 Å². The normalized spacial score (nSPS) is 18.0. The highest BCUT2D eigenvalue weighted by Crippen LogP contribution is 2.28. The lowest BCUT2D eigenvalue weighted by atomic mass is 9.81. The van der Waals surface area contributed by atoms with E-state index in [4.69, 9.17) is 5.73 Å². The van der Waals surface area contributed by atoms with Crippen LogP contribution in [0.5, 0.6) is 0 Å². The van der Waals surface area contributed by atoms with Gasteiger partial charge < -0.3 is 10.6 Å². The minimum absolute atomic E-state index is 0.124. The van der Waals surface area contributed by atoms with E-state index in [0.29, 0.717) is 13.1 Å². The Morgan fingerprint density at radius 1 is 1.21 bits per heavy atom. The van der Waals surface area contributed by atoms with Crippen LogP contribution in [0.15, 0.2) is 30.3 Å². The number of nitrogens with two attached hydrogens (primary N) is 1. The fourth-order valence-corrected chi connectivity index (χ4v) is 2.84. The average molecular weight is 260 g/mol. The van der Waals surface area contributed by atoms with Crippen molar-refractivity contribution in [2.75, 3.05) is 6.54 Å². The van der Waals surface area contributed by atoms with E-state index in [2.05, 4.69) is 12.1 Å². The number of hydrogen-bond donors (Lipinski definition) is 1. The van der Waals surface area contributed by atoms with E-state index in [1.807, 2.05) is 30.0 Å². The molecule has 0 saturated heterocycles. The molecule has 3 heteroatoms. The highest BCUT2D eigenvalue weighted by atomic mass is 16.2. The Bertz CT molecular complexity index is 410. The van der Waals surface area contributed by atoms with Crippen molar-refractivity contribution in [3.05, 3.63) is 35.9 Å². The molecule has 2 N–H and O–H groups in total. The molecule has 0 unspecified atom stereocenters. The molecule has 0 radical (unpaired) electrons. The summed E-state index contributed by atoms with van der Waals surface area (Å²) in [6, 6.07) is 10.1. The van der Waals surface area contributed by atoms with Crippen molar-refractivity contribution in [2.45, 2.75) is 51.1 Å². The summed E-state index contributed by atoms with van der Waals surface area (Å²) in [5.41, 5.74) is 6.88. The summed E-state index contributed by atoms with van der Waals surface area (Å²) >= 11 is 0. The van der Waals surface area contributed by atoms with Gasteiger partial charge >= 0.3 is 0 Å². The highest BCUT2D eigenvalue weighted by Gasteiger charge is 2.37. The van der Waals surface area contributed by atoms with Crippen molar-refractivity contribution in [3.8, 4) is 0 Å². The maximum absolute atomic E-state index is 12.7. The van der Waals surface area contributed by atoms with Crippen molar-refractivity contribution in [3.63, 3.8) is 0 Å². The first-order valence-corrected chi connectivity index (χ1v) is 7.28. The van der Waals surface area contributed by atoms with E-state index in [1.165, 1.54) is 6.42 Å². The number of carbonyl (C=O) groups is 1. The average Bonchev–Trinajstić information content (AvgIpc) is 2.46. The molecule has 19 heavy (non-hydrogen) atoms. The minimum Gasteiger partial charge on any atom is -0.337 e. The summed E-state index contributed by atoms with van der Waals surface area (Å²) in [4.78, 5) is 14.5. The van der Waals surface area contributed by atoms with Crippen LogP contribution in [0.3, 0.4) is 0 Å². The van der Waals surface area contributed by atoms with Gasteiger partial charge in [-0.15, -0.1) is 0 Å². The third-order valence-electron chi connectivity index (χ3n) is 4.06. The Morgan fingerprint density at radius 3 is 2.42 bits per heavy atom. The number of amides is 1. The molecule has 1 amide bonds. The van der Waals surface area contributed by atoms with E-state index in [0.717, 1.165) is 31.2 Å². The molecule has 0 spiro atoms. The lowest BCUT2D eigenvalue weighted by Crippen LogP contribution is -2.56. The number of hydrogen-bond acceptors (Lipinski definition) is 2. The molecule has 1 aliphatic rings. The summed E-state index contributed by atoms with van der Waals surface area (Å²) in [5, 5.41) is 0. The number of benzene rings is 1. The van der Waals surface area contributed by atoms with Gasteiger partial charge in [-0.25, -0.2) is 0 Å². The zero-order chi connectivity index (χ0) is 13.7. The summed E-state index contributed by atoms with van der Waals surface area (Å²) in [6.07, 6.45) is 5.02. The van der Waals surface area contributed by atoms with E-state index in [1.54, 1.807) is 0 Å². The molecular weight excluding hydrogens is 236 g/mol. The molecule has 1 fully saturated rings. The molecule has 1 aromatic carbocycles. The molecule has 0 bridgehead atoms. The van der Waals surface area contributed by atoms with Gasteiger partial charge in [0.2, 0.25) is 5.91 Å². The highest BCUT2D eigenvalue weighted by molar-refractivity contribution is 5.86. The Balaban J connectivity index is 2.06. The molecule has 1 aliphatic carbocycles. The van der Waals surface area contributed by atoms with Gasteiger partial charge in [0.25, 0.3) is 0 Å².